The molecular formula is C9H14OS. The highest BCUT2D eigenvalue weighted by Gasteiger charge is 1.94. The Labute approximate surface area is 72.0 Å². The van der Waals surface area contributed by atoms with Crippen molar-refractivity contribution in [1.29, 1.82) is 0 Å². The Bertz CT molecular complexity index is 116. The minimum absolute atomic E-state index is 1.00. The molecule has 11 heavy (non-hydrogen) atoms. The van der Waals surface area contributed by atoms with Crippen LogP contribution in [0.2, 0.25) is 0 Å². The maximum Gasteiger partial charge on any atom is 0.0466 e. The summed E-state index contributed by atoms with van der Waals surface area (Å²) in [6, 6.07) is 4.04. The van der Waals surface area contributed by atoms with Gasteiger partial charge in [0.15, 0.2) is 0 Å². The summed E-state index contributed by atoms with van der Waals surface area (Å²) in [5.74, 6) is 0. The highest BCUT2D eigenvalue weighted by molar-refractivity contribution is 7.07. The van der Waals surface area contributed by atoms with E-state index in [-0.39, 0.29) is 0 Å². The van der Waals surface area contributed by atoms with E-state index in [1.54, 1.807) is 11.3 Å². The molecular weight excluding hydrogens is 156 g/mol. The molecule has 0 bridgehead atoms. The average molecular weight is 170 g/mol. The lowest BCUT2D eigenvalue weighted by atomic mass is 10.2. The highest BCUT2D eigenvalue weighted by Crippen LogP contribution is 2.02. The van der Waals surface area contributed by atoms with Gasteiger partial charge >= 0.3 is 0 Å². The second kappa shape index (κ2) is 6.38. The molecule has 0 aliphatic carbocycles. The molecule has 1 saturated heterocycles. The largest absolute Gasteiger partial charge is 0.381 e. The number of rotatable bonds is 0. The molecule has 0 atom stereocenters. The standard InChI is InChI=1S/C5H10O.C4H4S/c1-2-4-6-5-3-1;1-2-4-5-3-1/h1-5H2;1-4H. The Balaban J connectivity index is 0.000000112. The number of thiophene rings is 1. The molecule has 1 aromatic rings. The molecule has 2 heterocycles. The van der Waals surface area contributed by atoms with Crippen LogP contribution in [-0.2, 0) is 4.74 Å². The van der Waals surface area contributed by atoms with E-state index in [0.717, 1.165) is 13.2 Å². The lowest BCUT2D eigenvalue weighted by Gasteiger charge is -2.08. The Morgan fingerprint density at radius 2 is 1.55 bits per heavy atom. The summed E-state index contributed by atoms with van der Waals surface area (Å²) >= 11 is 1.71. The van der Waals surface area contributed by atoms with Gasteiger partial charge in [-0.2, -0.15) is 11.3 Å². The highest BCUT2D eigenvalue weighted by atomic mass is 32.1. The SMILES string of the molecule is C1CCOCC1.c1ccsc1. The van der Waals surface area contributed by atoms with Crippen LogP contribution in [0.25, 0.3) is 0 Å². The van der Waals surface area contributed by atoms with Crippen molar-refractivity contribution in [2.24, 2.45) is 0 Å². The summed E-state index contributed by atoms with van der Waals surface area (Å²) in [7, 11) is 0. The van der Waals surface area contributed by atoms with Crippen LogP contribution in [0, 0.1) is 0 Å². The van der Waals surface area contributed by atoms with Gasteiger partial charge in [-0.05, 0) is 30.0 Å². The third-order valence-electron chi connectivity index (χ3n) is 1.50. The van der Waals surface area contributed by atoms with Crippen molar-refractivity contribution in [2.75, 3.05) is 13.2 Å². The third-order valence-corrected chi connectivity index (χ3v) is 2.13. The van der Waals surface area contributed by atoms with Crippen molar-refractivity contribution in [3.63, 3.8) is 0 Å². The normalized spacial score (nSPS) is 16.7. The van der Waals surface area contributed by atoms with Crippen LogP contribution in [-0.4, -0.2) is 13.2 Å². The van der Waals surface area contributed by atoms with Gasteiger partial charge in [0.05, 0.1) is 0 Å². The minimum Gasteiger partial charge on any atom is -0.381 e. The molecule has 0 unspecified atom stereocenters. The van der Waals surface area contributed by atoms with Gasteiger partial charge < -0.3 is 4.74 Å². The summed E-state index contributed by atoms with van der Waals surface area (Å²) in [6.07, 6.45) is 3.93. The summed E-state index contributed by atoms with van der Waals surface area (Å²) in [5.41, 5.74) is 0. The zero-order chi connectivity index (χ0) is 7.78. The van der Waals surface area contributed by atoms with E-state index in [0.29, 0.717) is 0 Å². The van der Waals surface area contributed by atoms with Crippen LogP contribution in [0.15, 0.2) is 22.9 Å². The molecule has 62 valence electrons. The quantitative estimate of drug-likeness (QED) is 0.581. The molecule has 0 radical (unpaired) electrons. The molecule has 1 aliphatic heterocycles. The van der Waals surface area contributed by atoms with Gasteiger partial charge in [-0.15, -0.1) is 0 Å². The summed E-state index contributed by atoms with van der Waals surface area (Å²) in [4.78, 5) is 0. The van der Waals surface area contributed by atoms with E-state index in [4.69, 9.17) is 4.74 Å². The first-order chi connectivity index (χ1) is 5.50. The minimum atomic E-state index is 1.00. The lowest BCUT2D eigenvalue weighted by Crippen LogP contribution is -2.03. The lowest BCUT2D eigenvalue weighted by molar-refractivity contribution is 0.0968. The smallest absolute Gasteiger partial charge is 0.0466 e. The number of ether oxygens (including phenoxy) is 1. The average Bonchev–Trinajstić information content (AvgIpc) is 2.64. The van der Waals surface area contributed by atoms with E-state index in [1.807, 2.05) is 22.9 Å². The van der Waals surface area contributed by atoms with E-state index >= 15 is 0 Å². The van der Waals surface area contributed by atoms with Gasteiger partial charge in [0.2, 0.25) is 0 Å². The van der Waals surface area contributed by atoms with Crippen LogP contribution in [0.3, 0.4) is 0 Å². The summed E-state index contributed by atoms with van der Waals surface area (Å²) in [6.45, 7) is 2.00. The van der Waals surface area contributed by atoms with Crippen molar-refractivity contribution in [3.8, 4) is 0 Å². The van der Waals surface area contributed by atoms with Gasteiger partial charge in [0.25, 0.3) is 0 Å². The van der Waals surface area contributed by atoms with Gasteiger partial charge in [-0.25, -0.2) is 0 Å². The molecule has 1 fully saturated rings. The zero-order valence-electron chi connectivity index (χ0n) is 6.66. The fourth-order valence-electron chi connectivity index (χ4n) is 0.914. The van der Waals surface area contributed by atoms with Gasteiger partial charge in [0.1, 0.15) is 0 Å². The first-order valence-electron chi connectivity index (χ1n) is 4.05. The molecule has 0 amide bonds. The molecule has 1 aliphatic rings. The Morgan fingerprint density at radius 3 is 1.73 bits per heavy atom. The van der Waals surface area contributed by atoms with Gasteiger partial charge in [-0.3, -0.25) is 0 Å². The molecule has 0 N–H and O–H groups in total. The van der Waals surface area contributed by atoms with Crippen LogP contribution in [0.4, 0.5) is 0 Å². The molecule has 0 saturated carbocycles. The van der Waals surface area contributed by atoms with E-state index in [9.17, 15) is 0 Å². The summed E-state index contributed by atoms with van der Waals surface area (Å²) in [5, 5.41) is 4.08. The van der Waals surface area contributed by atoms with Crippen molar-refractivity contribution in [3.05, 3.63) is 22.9 Å². The third kappa shape index (κ3) is 4.99. The maximum atomic E-state index is 5.07. The maximum absolute atomic E-state index is 5.07. The monoisotopic (exact) mass is 170 g/mol. The Kier molecular flexibility index (Phi) is 5.07. The molecule has 0 aromatic carbocycles. The van der Waals surface area contributed by atoms with Crippen molar-refractivity contribution in [2.45, 2.75) is 19.3 Å². The second-order valence-corrected chi connectivity index (χ2v) is 3.28. The van der Waals surface area contributed by atoms with Crippen molar-refractivity contribution < 1.29 is 4.74 Å². The zero-order valence-corrected chi connectivity index (χ0v) is 7.48. The molecule has 1 nitrogen and oxygen atoms in total. The van der Waals surface area contributed by atoms with Crippen LogP contribution in [0.5, 0.6) is 0 Å². The molecule has 1 aromatic heterocycles. The Morgan fingerprint density at radius 1 is 0.909 bits per heavy atom. The molecule has 2 rings (SSSR count). The fourth-order valence-corrected chi connectivity index (χ4v) is 1.37. The predicted molar refractivity (Wildman–Crippen MR) is 49.0 cm³/mol. The second-order valence-electron chi connectivity index (χ2n) is 2.47. The van der Waals surface area contributed by atoms with Crippen molar-refractivity contribution >= 4 is 11.3 Å². The van der Waals surface area contributed by atoms with Crippen LogP contribution < -0.4 is 0 Å². The number of hydrogen-bond donors (Lipinski definition) is 0. The first-order valence-corrected chi connectivity index (χ1v) is 4.99. The van der Waals surface area contributed by atoms with Crippen LogP contribution >= 0.6 is 11.3 Å². The first kappa shape index (κ1) is 8.75. The van der Waals surface area contributed by atoms with Gasteiger partial charge in [0, 0.05) is 13.2 Å². The number of hydrogen-bond acceptors (Lipinski definition) is 2. The topological polar surface area (TPSA) is 9.23 Å². The van der Waals surface area contributed by atoms with Gasteiger partial charge in [-0.1, -0.05) is 12.1 Å². The van der Waals surface area contributed by atoms with E-state index in [1.165, 1.54) is 19.3 Å². The Hall–Kier alpha value is -0.340. The molecule has 0 spiro atoms. The van der Waals surface area contributed by atoms with Crippen molar-refractivity contribution in [1.82, 2.24) is 0 Å². The summed E-state index contributed by atoms with van der Waals surface area (Å²) < 4.78 is 5.07. The molecule has 2 heteroatoms. The fraction of sp³-hybridized carbons (Fsp3) is 0.556. The van der Waals surface area contributed by atoms with E-state index in [2.05, 4.69) is 0 Å². The van der Waals surface area contributed by atoms with Crippen LogP contribution in [0.1, 0.15) is 19.3 Å². The van der Waals surface area contributed by atoms with E-state index < -0.39 is 0 Å². The predicted octanol–water partition coefficient (Wildman–Crippen LogP) is 2.94.